The Morgan fingerprint density at radius 2 is 2.08 bits per heavy atom. The highest BCUT2D eigenvalue weighted by Gasteiger charge is 1.94. The lowest BCUT2D eigenvalue weighted by Gasteiger charge is -1.99. The monoisotopic (exact) mass is 205 g/mol. The van der Waals surface area contributed by atoms with Crippen molar-refractivity contribution in [2.45, 2.75) is 25.7 Å². The van der Waals surface area contributed by atoms with E-state index < -0.39 is 5.43 Å². The fraction of sp³-hybridized carbons (Fsp3) is 0.857. The van der Waals surface area contributed by atoms with E-state index in [9.17, 15) is 4.79 Å². The highest BCUT2D eigenvalue weighted by Crippen LogP contribution is 2.01. The zero-order chi connectivity index (χ0) is 9.94. The Hall–Kier alpha value is -0.930. The summed E-state index contributed by atoms with van der Waals surface area (Å²) in [7, 11) is 0. The third kappa shape index (κ3) is 11.1. The normalized spacial score (nSPS) is 9.00. The molecule has 0 saturated heterocycles. The third-order valence-electron chi connectivity index (χ3n) is 1.43. The van der Waals surface area contributed by atoms with Crippen LogP contribution in [0.15, 0.2) is 5.11 Å². The fourth-order valence-electron chi connectivity index (χ4n) is 0.835. The maximum Gasteiger partial charge on any atom is 0.403 e. The SMILES string of the molecule is [N-]=[N+]=NCCCCCCOC(=O)Cl. The molecule has 0 spiro atoms. The van der Waals surface area contributed by atoms with Gasteiger partial charge in [-0.05, 0) is 18.4 Å². The van der Waals surface area contributed by atoms with Crippen molar-refractivity contribution in [3.63, 3.8) is 0 Å². The molecule has 0 saturated carbocycles. The van der Waals surface area contributed by atoms with Gasteiger partial charge in [0.1, 0.15) is 0 Å². The first-order valence-electron chi connectivity index (χ1n) is 4.10. The Kier molecular flexibility index (Phi) is 8.51. The minimum absolute atomic E-state index is 0.365. The number of nitrogens with zero attached hydrogens (tertiary/aromatic N) is 3. The number of rotatable bonds is 7. The second-order valence-corrected chi connectivity index (χ2v) is 2.76. The van der Waals surface area contributed by atoms with Crippen molar-refractivity contribution < 1.29 is 9.53 Å². The van der Waals surface area contributed by atoms with E-state index in [1.807, 2.05) is 0 Å². The zero-order valence-corrected chi connectivity index (χ0v) is 8.03. The zero-order valence-electron chi connectivity index (χ0n) is 7.28. The molecule has 0 aromatic rings. The first-order chi connectivity index (χ1) is 6.27. The number of hydrogen-bond acceptors (Lipinski definition) is 3. The molecule has 0 aromatic heterocycles. The smallest absolute Gasteiger partial charge is 0.403 e. The van der Waals surface area contributed by atoms with Gasteiger partial charge in [0.15, 0.2) is 0 Å². The van der Waals surface area contributed by atoms with E-state index in [2.05, 4.69) is 14.8 Å². The number of hydrogen-bond donors (Lipinski definition) is 0. The molecule has 0 aliphatic carbocycles. The highest BCUT2D eigenvalue weighted by atomic mass is 35.5. The Morgan fingerprint density at radius 1 is 1.38 bits per heavy atom. The van der Waals surface area contributed by atoms with E-state index >= 15 is 0 Å². The van der Waals surface area contributed by atoms with E-state index in [0.717, 1.165) is 25.7 Å². The molecule has 0 amide bonds. The average Bonchev–Trinajstić information content (AvgIpc) is 2.09. The van der Waals surface area contributed by atoms with Crippen LogP contribution >= 0.6 is 11.6 Å². The predicted octanol–water partition coefficient (Wildman–Crippen LogP) is 3.23. The van der Waals surface area contributed by atoms with E-state index in [1.54, 1.807) is 0 Å². The molecule has 0 rings (SSSR count). The Labute approximate surface area is 81.6 Å². The van der Waals surface area contributed by atoms with E-state index in [1.165, 1.54) is 0 Å². The standard InChI is InChI=1S/C7H12ClN3O2/c8-7(12)13-6-4-2-1-3-5-10-11-9/h1-6H2. The topological polar surface area (TPSA) is 75.1 Å². The van der Waals surface area contributed by atoms with Crippen molar-refractivity contribution >= 4 is 17.0 Å². The molecule has 0 bridgehead atoms. The number of ether oxygens (including phenoxy) is 1. The van der Waals surface area contributed by atoms with Crippen LogP contribution in [0.4, 0.5) is 4.79 Å². The van der Waals surface area contributed by atoms with Gasteiger partial charge in [0.25, 0.3) is 0 Å². The quantitative estimate of drug-likeness (QED) is 0.210. The average molecular weight is 206 g/mol. The number of carbonyl (C=O) groups is 1. The molecule has 0 aromatic carbocycles. The van der Waals surface area contributed by atoms with Gasteiger partial charge in [0, 0.05) is 23.1 Å². The van der Waals surface area contributed by atoms with Gasteiger partial charge >= 0.3 is 5.43 Å². The fourth-order valence-corrected chi connectivity index (χ4v) is 0.912. The molecule has 5 nitrogen and oxygen atoms in total. The van der Waals surface area contributed by atoms with Crippen molar-refractivity contribution in [2.24, 2.45) is 5.11 Å². The van der Waals surface area contributed by atoms with Crippen LogP contribution < -0.4 is 0 Å². The van der Waals surface area contributed by atoms with Gasteiger partial charge in [0.2, 0.25) is 0 Å². The first-order valence-corrected chi connectivity index (χ1v) is 4.48. The summed E-state index contributed by atoms with van der Waals surface area (Å²) in [5.41, 5.74) is 7.20. The molecular weight excluding hydrogens is 194 g/mol. The summed E-state index contributed by atoms with van der Waals surface area (Å²) in [5, 5.41) is 3.39. The van der Waals surface area contributed by atoms with E-state index in [0.29, 0.717) is 13.2 Å². The molecule has 0 unspecified atom stereocenters. The van der Waals surface area contributed by atoms with Crippen molar-refractivity contribution in [2.75, 3.05) is 13.2 Å². The van der Waals surface area contributed by atoms with Gasteiger partial charge in [-0.15, -0.1) is 0 Å². The molecule has 0 aliphatic heterocycles. The van der Waals surface area contributed by atoms with Crippen molar-refractivity contribution in [3.8, 4) is 0 Å². The molecule has 0 heterocycles. The van der Waals surface area contributed by atoms with Gasteiger partial charge in [-0.1, -0.05) is 18.0 Å². The lowest BCUT2D eigenvalue weighted by Crippen LogP contribution is -1.96. The lowest BCUT2D eigenvalue weighted by atomic mass is 10.2. The summed E-state index contributed by atoms with van der Waals surface area (Å²) in [4.78, 5) is 12.7. The van der Waals surface area contributed by atoms with Crippen LogP contribution in [0.1, 0.15) is 25.7 Å². The number of halogens is 1. The summed E-state index contributed by atoms with van der Waals surface area (Å²) in [6, 6.07) is 0. The van der Waals surface area contributed by atoms with Crippen LogP contribution in [0.2, 0.25) is 0 Å². The number of carbonyl (C=O) groups excluding carboxylic acids is 1. The minimum atomic E-state index is -0.755. The molecular formula is C7H12ClN3O2. The molecule has 0 aliphatic rings. The van der Waals surface area contributed by atoms with Gasteiger partial charge in [-0.3, -0.25) is 0 Å². The number of azide groups is 1. The van der Waals surface area contributed by atoms with Crippen LogP contribution in [0.3, 0.4) is 0 Å². The first kappa shape index (κ1) is 12.1. The summed E-state index contributed by atoms with van der Waals surface area (Å²) < 4.78 is 4.51. The van der Waals surface area contributed by atoms with Gasteiger partial charge < -0.3 is 4.74 Å². The second kappa shape index (κ2) is 9.16. The summed E-state index contributed by atoms with van der Waals surface area (Å²) in [5.74, 6) is 0. The minimum Gasteiger partial charge on any atom is -0.454 e. The van der Waals surface area contributed by atoms with Gasteiger partial charge in [-0.25, -0.2) is 4.79 Å². The molecule has 6 heteroatoms. The summed E-state index contributed by atoms with van der Waals surface area (Å²) in [6.07, 6.45) is 3.59. The van der Waals surface area contributed by atoms with Gasteiger partial charge in [0.05, 0.1) is 6.61 Å². The number of unbranched alkanes of at least 4 members (excludes halogenated alkanes) is 3. The van der Waals surface area contributed by atoms with E-state index in [-0.39, 0.29) is 0 Å². The van der Waals surface area contributed by atoms with Crippen LogP contribution in [0.5, 0.6) is 0 Å². The van der Waals surface area contributed by atoms with Crippen LogP contribution in [0.25, 0.3) is 10.4 Å². The van der Waals surface area contributed by atoms with Crippen molar-refractivity contribution in [1.82, 2.24) is 0 Å². The van der Waals surface area contributed by atoms with Crippen molar-refractivity contribution in [1.29, 1.82) is 0 Å². The third-order valence-corrected chi connectivity index (χ3v) is 1.54. The highest BCUT2D eigenvalue weighted by molar-refractivity contribution is 6.61. The molecule has 0 fully saturated rings. The summed E-state index contributed by atoms with van der Waals surface area (Å²) >= 11 is 4.94. The van der Waals surface area contributed by atoms with Crippen LogP contribution in [-0.2, 0) is 4.74 Å². The van der Waals surface area contributed by atoms with Crippen LogP contribution in [0, 0.1) is 0 Å². The molecule has 0 atom stereocenters. The van der Waals surface area contributed by atoms with Gasteiger partial charge in [-0.2, -0.15) is 0 Å². The van der Waals surface area contributed by atoms with Crippen molar-refractivity contribution in [3.05, 3.63) is 10.4 Å². The molecule has 0 N–H and O–H groups in total. The molecule has 0 radical (unpaired) electrons. The summed E-state index contributed by atoms with van der Waals surface area (Å²) in [6.45, 7) is 0.898. The second-order valence-electron chi connectivity index (χ2n) is 2.45. The molecule has 74 valence electrons. The predicted molar refractivity (Wildman–Crippen MR) is 49.7 cm³/mol. The maximum atomic E-state index is 10.1. The lowest BCUT2D eigenvalue weighted by molar-refractivity contribution is 0.171. The maximum absolute atomic E-state index is 10.1. The largest absolute Gasteiger partial charge is 0.454 e. The Morgan fingerprint density at radius 3 is 2.69 bits per heavy atom. The van der Waals surface area contributed by atoms with Crippen LogP contribution in [-0.4, -0.2) is 18.6 Å². The Bertz CT molecular complexity index is 186. The Balaban J connectivity index is 2.99. The van der Waals surface area contributed by atoms with E-state index in [4.69, 9.17) is 17.1 Å². The molecule has 13 heavy (non-hydrogen) atoms.